The molecule has 0 aliphatic rings. The van der Waals surface area contributed by atoms with E-state index >= 15 is 0 Å². The van der Waals surface area contributed by atoms with Crippen LogP contribution in [0.5, 0.6) is 0 Å². The smallest absolute Gasteiger partial charge is 0.224 e. The molecule has 0 saturated heterocycles. The summed E-state index contributed by atoms with van der Waals surface area (Å²) < 4.78 is 0. The van der Waals surface area contributed by atoms with Crippen LogP contribution in [-0.2, 0) is 11.2 Å². The van der Waals surface area contributed by atoms with E-state index in [1.165, 1.54) is 0 Å². The van der Waals surface area contributed by atoms with Crippen molar-refractivity contribution in [3.05, 3.63) is 78.0 Å². The number of amides is 1. The van der Waals surface area contributed by atoms with Crippen LogP contribution in [0.15, 0.2) is 66.9 Å². The van der Waals surface area contributed by atoms with E-state index in [9.17, 15) is 4.79 Å². The van der Waals surface area contributed by atoms with E-state index in [0.717, 1.165) is 34.9 Å². The van der Waals surface area contributed by atoms with Gasteiger partial charge in [0, 0.05) is 11.6 Å². The van der Waals surface area contributed by atoms with Gasteiger partial charge >= 0.3 is 0 Å². The van der Waals surface area contributed by atoms with Crippen LogP contribution in [0.1, 0.15) is 36.9 Å². The first kappa shape index (κ1) is 16.2. The van der Waals surface area contributed by atoms with Crippen molar-refractivity contribution < 1.29 is 4.79 Å². The van der Waals surface area contributed by atoms with Crippen LogP contribution in [0.4, 0.5) is 0 Å². The Morgan fingerprint density at radius 2 is 1.83 bits per heavy atom. The largest absolute Gasteiger partial charge is 0.349 e. The van der Waals surface area contributed by atoms with Gasteiger partial charge in [-0.3, -0.25) is 9.78 Å². The minimum absolute atomic E-state index is 0.0375. The Morgan fingerprint density at radius 1 is 1.04 bits per heavy atom. The molecule has 1 unspecified atom stereocenters. The number of fused-ring (bicyclic) bond motifs is 1. The number of pyridine rings is 1. The Bertz CT molecular complexity index is 809. The molecule has 1 atom stereocenters. The minimum Gasteiger partial charge on any atom is -0.349 e. The fourth-order valence-electron chi connectivity index (χ4n) is 3.02. The van der Waals surface area contributed by atoms with Crippen molar-refractivity contribution in [2.75, 3.05) is 0 Å². The zero-order chi connectivity index (χ0) is 16.8. The molecule has 1 amide bonds. The molecule has 2 aromatic carbocycles. The van der Waals surface area contributed by atoms with Gasteiger partial charge in [-0.2, -0.15) is 0 Å². The highest BCUT2D eigenvalue weighted by Crippen LogP contribution is 2.20. The summed E-state index contributed by atoms with van der Waals surface area (Å²) in [6.45, 7) is 2.14. The van der Waals surface area contributed by atoms with Gasteiger partial charge in [0.15, 0.2) is 0 Å². The average molecular weight is 318 g/mol. The Labute approximate surface area is 142 Å². The topological polar surface area (TPSA) is 42.0 Å². The van der Waals surface area contributed by atoms with Gasteiger partial charge in [-0.15, -0.1) is 0 Å². The number of nitrogens with one attached hydrogen (secondary N) is 1. The summed E-state index contributed by atoms with van der Waals surface area (Å²) in [6, 6.07) is 20.1. The van der Waals surface area contributed by atoms with E-state index in [1.54, 1.807) is 6.20 Å². The molecule has 0 spiro atoms. The summed E-state index contributed by atoms with van der Waals surface area (Å²) in [4.78, 5) is 17.0. The number of hydrogen-bond donors (Lipinski definition) is 1. The number of hydrogen-bond acceptors (Lipinski definition) is 2. The highest BCUT2D eigenvalue weighted by atomic mass is 16.1. The SMILES string of the molecule is CCCC(NC(=O)Cc1cccc2cccnc12)c1ccccc1. The van der Waals surface area contributed by atoms with Crippen molar-refractivity contribution in [2.24, 2.45) is 0 Å². The summed E-state index contributed by atoms with van der Waals surface area (Å²) in [5.74, 6) is 0.0375. The fraction of sp³-hybridized carbons (Fsp3) is 0.238. The van der Waals surface area contributed by atoms with Crippen LogP contribution in [0.25, 0.3) is 10.9 Å². The third-order valence-corrected chi connectivity index (χ3v) is 4.18. The predicted molar refractivity (Wildman–Crippen MR) is 97.7 cm³/mol. The van der Waals surface area contributed by atoms with Crippen LogP contribution < -0.4 is 5.32 Å². The quantitative estimate of drug-likeness (QED) is 0.730. The highest BCUT2D eigenvalue weighted by Gasteiger charge is 2.15. The Balaban J connectivity index is 1.76. The molecule has 0 aliphatic carbocycles. The third-order valence-electron chi connectivity index (χ3n) is 4.18. The zero-order valence-corrected chi connectivity index (χ0v) is 13.9. The van der Waals surface area contributed by atoms with Gasteiger partial charge in [0.25, 0.3) is 0 Å². The molecule has 122 valence electrons. The van der Waals surface area contributed by atoms with Gasteiger partial charge in [0.1, 0.15) is 0 Å². The lowest BCUT2D eigenvalue weighted by atomic mass is 10.0. The van der Waals surface area contributed by atoms with Gasteiger partial charge < -0.3 is 5.32 Å². The first-order valence-corrected chi connectivity index (χ1v) is 8.45. The lowest BCUT2D eigenvalue weighted by Gasteiger charge is -2.19. The Kier molecular flexibility index (Phi) is 5.22. The fourth-order valence-corrected chi connectivity index (χ4v) is 3.02. The second kappa shape index (κ2) is 7.73. The monoisotopic (exact) mass is 318 g/mol. The lowest BCUT2D eigenvalue weighted by Crippen LogP contribution is -2.29. The van der Waals surface area contributed by atoms with Crippen LogP contribution >= 0.6 is 0 Å². The number of carbonyl (C=O) groups is 1. The van der Waals surface area contributed by atoms with Crippen LogP contribution in [0.2, 0.25) is 0 Å². The van der Waals surface area contributed by atoms with Crippen molar-refractivity contribution in [3.8, 4) is 0 Å². The van der Waals surface area contributed by atoms with E-state index in [-0.39, 0.29) is 11.9 Å². The number of carbonyl (C=O) groups excluding carboxylic acids is 1. The van der Waals surface area contributed by atoms with Crippen molar-refractivity contribution in [3.63, 3.8) is 0 Å². The maximum absolute atomic E-state index is 12.6. The molecule has 1 N–H and O–H groups in total. The van der Waals surface area contributed by atoms with Crippen LogP contribution in [0, 0.1) is 0 Å². The minimum atomic E-state index is 0.0375. The molecule has 3 nitrogen and oxygen atoms in total. The molecule has 0 fully saturated rings. The maximum Gasteiger partial charge on any atom is 0.224 e. The third kappa shape index (κ3) is 3.80. The van der Waals surface area contributed by atoms with Gasteiger partial charge in [-0.1, -0.05) is 67.9 Å². The summed E-state index contributed by atoms with van der Waals surface area (Å²) in [7, 11) is 0. The first-order chi connectivity index (χ1) is 11.8. The van der Waals surface area contributed by atoms with Gasteiger partial charge in [-0.05, 0) is 23.6 Å². The number of nitrogens with zero attached hydrogens (tertiary/aromatic N) is 1. The molecule has 0 saturated carbocycles. The van der Waals surface area contributed by atoms with E-state index in [2.05, 4.69) is 29.4 Å². The Morgan fingerprint density at radius 3 is 2.62 bits per heavy atom. The Hall–Kier alpha value is -2.68. The van der Waals surface area contributed by atoms with Crippen molar-refractivity contribution >= 4 is 16.8 Å². The summed E-state index contributed by atoms with van der Waals surface area (Å²) >= 11 is 0. The molecule has 1 aromatic heterocycles. The maximum atomic E-state index is 12.6. The van der Waals surface area contributed by atoms with Crippen molar-refractivity contribution in [2.45, 2.75) is 32.2 Å². The van der Waals surface area contributed by atoms with Crippen molar-refractivity contribution in [1.82, 2.24) is 10.3 Å². The predicted octanol–water partition coefficient (Wildman–Crippen LogP) is 4.43. The number of para-hydroxylation sites is 1. The zero-order valence-electron chi connectivity index (χ0n) is 13.9. The van der Waals surface area contributed by atoms with E-state index < -0.39 is 0 Å². The molecule has 1 heterocycles. The molecule has 0 bridgehead atoms. The molecule has 0 aliphatic heterocycles. The summed E-state index contributed by atoms with van der Waals surface area (Å²) in [6.07, 6.45) is 4.08. The van der Waals surface area contributed by atoms with E-state index in [1.807, 2.05) is 48.5 Å². The molecular weight excluding hydrogens is 296 g/mol. The van der Waals surface area contributed by atoms with Gasteiger partial charge in [-0.25, -0.2) is 0 Å². The number of aromatic nitrogens is 1. The number of rotatable bonds is 6. The van der Waals surface area contributed by atoms with Gasteiger partial charge in [0.05, 0.1) is 18.0 Å². The standard InChI is InChI=1S/C21H22N2O/c1-2-8-19(16-9-4-3-5-10-16)23-20(24)15-18-12-6-11-17-13-7-14-22-21(17)18/h3-7,9-14,19H,2,8,15H2,1H3,(H,23,24). The first-order valence-electron chi connectivity index (χ1n) is 8.45. The molecule has 3 rings (SSSR count). The molecule has 24 heavy (non-hydrogen) atoms. The second-order valence-corrected chi connectivity index (χ2v) is 5.99. The molecular formula is C21H22N2O. The van der Waals surface area contributed by atoms with E-state index in [4.69, 9.17) is 0 Å². The van der Waals surface area contributed by atoms with Gasteiger partial charge in [0.2, 0.25) is 5.91 Å². The molecule has 3 heteroatoms. The summed E-state index contributed by atoms with van der Waals surface area (Å²) in [5, 5.41) is 4.25. The second-order valence-electron chi connectivity index (χ2n) is 5.99. The van der Waals surface area contributed by atoms with Crippen LogP contribution in [0.3, 0.4) is 0 Å². The lowest BCUT2D eigenvalue weighted by molar-refractivity contribution is -0.121. The summed E-state index contributed by atoms with van der Waals surface area (Å²) in [5.41, 5.74) is 3.03. The highest BCUT2D eigenvalue weighted by molar-refractivity contribution is 5.87. The molecule has 0 radical (unpaired) electrons. The van der Waals surface area contributed by atoms with E-state index in [0.29, 0.717) is 6.42 Å². The number of benzene rings is 2. The molecule has 3 aromatic rings. The normalized spacial score (nSPS) is 12.0. The average Bonchev–Trinajstić information content (AvgIpc) is 2.62. The van der Waals surface area contributed by atoms with Crippen molar-refractivity contribution in [1.29, 1.82) is 0 Å². The van der Waals surface area contributed by atoms with Crippen LogP contribution in [-0.4, -0.2) is 10.9 Å².